The summed E-state index contributed by atoms with van der Waals surface area (Å²) in [6.07, 6.45) is 1.06. The summed E-state index contributed by atoms with van der Waals surface area (Å²) >= 11 is 0. The Morgan fingerprint density at radius 1 is 0.971 bits per heavy atom. The van der Waals surface area contributed by atoms with Gasteiger partial charge in [0.05, 0.1) is 16.2 Å². The molecule has 11 heteroatoms. The van der Waals surface area contributed by atoms with Crippen molar-refractivity contribution in [2.45, 2.75) is 5.92 Å². The van der Waals surface area contributed by atoms with Gasteiger partial charge in [0.15, 0.2) is 0 Å². The number of rotatable bonds is 3. The molecule has 0 aliphatic carbocycles. The number of nitrogens with zero attached hydrogens (tertiary/aromatic N) is 3. The number of hydrogen-bond donors (Lipinski definition) is 1. The minimum atomic E-state index is -1.17. The van der Waals surface area contributed by atoms with E-state index >= 15 is 4.39 Å². The van der Waals surface area contributed by atoms with Gasteiger partial charge in [-0.1, -0.05) is 12.1 Å². The molecule has 1 aliphatic heterocycles. The van der Waals surface area contributed by atoms with Crippen LogP contribution in [0.25, 0.3) is 5.69 Å². The van der Waals surface area contributed by atoms with E-state index in [4.69, 9.17) is 10.1 Å². The molecule has 1 unspecified atom stereocenters. The third-order valence-corrected chi connectivity index (χ3v) is 5.44. The first-order valence-electron chi connectivity index (χ1n) is 9.77. The van der Waals surface area contributed by atoms with E-state index < -0.39 is 34.1 Å². The maximum absolute atomic E-state index is 15.0. The lowest BCUT2D eigenvalue weighted by atomic mass is 9.83. The van der Waals surface area contributed by atoms with Gasteiger partial charge in [0.25, 0.3) is 5.69 Å². The van der Waals surface area contributed by atoms with Crippen LogP contribution in [0.4, 0.5) is 23.2 Å². The van der Waals surface area contributed by atoms with E-state index in [1.54, 1.807) is 0 Å². The third kappa shape index (κ3) is 3.38. The lowest BCUT2D eigenvalue weighted by molar-refractivity contribution is -0.384. The second-order valence-corrected chi connectivity index (χ2v) is 7.46. The Morgan fingerprint density at radius 2 is 1.74 bits per heavy atom. The molecule has 1 aliphatic rings. The van der Waals surface area contributed by atoms with Crippen LogP contribution in [-0.2, 0) is 0 Å². The van der Waals surface area contributed by atoms with Gasteiger partial charge in [-0.25, -0.2) is 22.5 Å². The Bertz CT molecular complexity index is 1550. The average molecular weight is 468 g/mol. The van der Waals surface area contributed by atoms with E-state index in [1.807, 2.05) is 0 Å². The molecule has 1 N–H and O–H groups in total. The Kier molecular flexibility index (Phi) is 4.89. The smallest absolute Gasteiger partial charge is 0.269 e. The number of nitro groups is 1. The van der Waals surface area contributed by atoms with Crippen LogP contribution in [0.5, 0.6) is 11.6 Å². The van der Waals surface area contributed by atoms with Gasteiger partial charge < -0.3 is 4.74 Å². The zero-order chi connectivity index (χ0) is 24.1. The Morgan fingerprint density at radius 3 is 2.47 bits per heavy atom. The number of halogens is 4. The molecule has 170 valence electrons. The van der Waals surface area contributed by atoms with Gasteiger partial charge in [0.1, 0.15) is 40.8 Å². The lowest BCUT2D eigenvalue weighted by Crippen LogP contribution is -2.30. The second kappa shape index (κ2) is 7.80. The third-order valence-electron chi connectivity index (χ3n) is 5.44. The molecule has 34 heavy (non-hydrogen) atoms. The highest BCUT2D eigenvalue weighted by Gasteiger charge is 2.36. The van der Waals surface area contributed by atoms with E-state index in [0.29, 0.717) is 12.1 Å². The van der Waals surface area contributed by atoms with Crippen molar-refractivity contribution in [2.24, 2.45) is 0 Å². The monoisotopic (exact) mass is 468 g/mol. The molecule has 2 heterocycles. The molecule has 4 aromatic rings. The van der Waals surface area contributed by atoms with Crippen LogP contribution >= 0.6 is 0 Å². The van der Waals surface area contributed by atoms with Gasteiger partial charge in [-0.2, -0.15) is 0 Å². The summed E-state index contributed by atoms with van der Waals surface area (Å²) < 4.78 is 63.4. The van der Waals surface area contributed by atoms with Gasteiger partial charge in [-0.15, -0.1) is 0 Å². The first-order valence-corrected chi connectivity index (χ1v) is 9.77. The van der Waals surface area contributed by atoms with E-state index in [9.17, 15) is 23.3 Å². The summed E-state index contributed by atoms with van der Waals surface area (Å²) in [5, 5.41) is 20.1. The number of aromatic nitrogens is 2. The molecule has 3 aromatic carbocycles. The van der Waals surface area contributed by atoms with Crippen LogP contribution in [0, 0.1) is 38.8 Å². The highest BCUT2D eigenvalue weighted by molar-refractivity contribution is 5.57. The Balaban J connectivity index is 1.82. The van der Waals surface area contributed by atoms with Crippen molar-refractivity contribution >= 4 is 5.69 Å². The largest absolute Gasteiger partial charge is 0.438 e. The Labute approximate surface area is 188 Å². The molecule has 0 saturated carbocycles. The van der Waals surface area contributed by atoms with Gasteiger partial charge in [-0.05, 0) is 17.7 Å². The summed E-state index contributed by atoms with van der Waals surface area (Å²) in [6, 6.07) is 9.61. The molecular weight excluding hydrogens is 456 g/mol. The topological polar surface area (TPSA) is 94.0 Å². The fourth-order valence-corrected chi connectivity index (χ4v) is 3.99. The molecule has 7 nitrogen and oxygen atoms in total. The molecule has 0 fully saturated rings. The molecular formula is C23H12F4N4O3. The van der Waals surface area contributed by atoms with Crippen LogP contribution < -0.4 is 10.2 Å². The summed E-state index contributed by atoms with van der Waals surface area (Å²) in [4.78, 5) is 14.8. The van der Waals surface area contributed by atoms with Crippen molar-refractivity contribution in [3.8, 4) is 17.3 Å². The zero-order valence-corrected chi connectivity index (χ0v) is 16.9. The number of hydrogen-bond acceptors (Lipinski definition) is 5. The second-order valence-electron chi connectivity index (χ2n) is 7.46. The van der Waals surface area contributed by atoms with Gasteiger partial charge in [0.2, 0.25) is 5.88 Å². The maximum Gasteiger partial charge on any atom is 0.269 e. The molecule has 0 bridgehead atoms. The SMILES string of the molecule is N=c1c2c(ncn1-c1ccc(F)cc1F)Oc1cc(F)cc(F)c1C2c1cccc([N+](=O)[O-])c1. The normalized spacial score (nSPS) is 14.2. The van der Waals surface area contributed by atoms with E-state index in [-0.39, 0.29) is 45.2 Å². The minimum absolute atomic E-state index is 0.0373. The number of fused-ring (bicyclic) bond motifs is 2. The van der Waals surface area contributed by atoms with Crippen molar-refractivity contribution in [1.29, 1.82) is 5.41 Å². The van der Waals surface area contributed by atoms with Crippen LogP contribution in [-0.4, -0.2) is 14.5 Å². The van der Waals surface area contributed by atoms with Gasteiger partial charge in [-0.3, -0.25) is 20.1 Å². The predicted molar refractivity (Wildman–Crippen MR) is 110 cm³/mol. The minimum Gasteiger partial charge on any atom is -0.438 e. The van der Waals surface area contributed by atoms with Crippen molar-refractivity contribution < 1.29 is 27.2 Å². The van der Waals surface area contributed by atoms with Crippen molar-refractivity contribution in [3.05, 3.63) is 116 Å². The number of nitrogens with one attached hydrogen (secondary N) is 1. The average Bonchev–Trinajstić information content (AvgIpc) is 2.78. The molecule has 0 spiro atoms. The molecule has 0 radical (unpaired) electrons. The fourth-order valence-electron chi connectivity index (χ4n) is 3.99. The maximum atomic E-state index is 15.0. The highest BCUT2D eigenvalue weighted by atomic mass is 19.1. The standard InChI is InChI=1S/C23H12F4N4O3/c24-12-4-5-17(15(26)7-12)30-10-29-23-21(22(30)28)19(11-2-1-3-14(6-11)31(32)33)20-16(27)8-13(25)9-18(20)34-23/h1-10,19,28H. The van der Waals surface area contributed by atoms with Crippen molar-refractivity contribution in [1.82, 2.24) is 9.55 Å². The van der Waals surface area contributed by atoms with Crippen LogP contribution in [0.1, 0.15) is 22.6 Å². The number of nitro benzene ring substituents is 1. The summed E-state index contributed by atoms with van der Waals surface area (Å²) in [5.41, 5.74) is -0.876. The van der Waals surface area contributed by atoms with Crippen LogP contribution in [0.3, 0.4) is 0 Å². The van der Waals surface area contributed by atoms with Gasteiger partial charge in [0, 0.05) is 41.8 Å². The van der Waals surface area contributed by atoms with E-state index in [1.165, 1.54) is 24.3 Å². The van der Waals surface area contributed by atoms with Crippen molar-refractivity contribution in [2.75, 3.05) is 0 Å². The molecule has 0 saturated heterocycles. The zero-order valence-electron chi connectivity index (χ0n) is 16.9. The van der Waals surface area contributed by atoms with Crippen molar-refractivity contribution in [3.63, 3.8) is 0 Å². The Hall–Kier alpha value is -4.54. The molecule has 5 rings (SSSR count). The van der Waals surface area contributed by atoms with Crippen LogP contribution in [0.2, 0.25) is 0 Å². The lowest BCUT2D eigenvalue weighted by Gasteiger charge is -2.28. The predicted octanol–water partition coefficient (Wildman–Crippen LogP) is 5.10. The first-order chi connectivity index (χ1) is 16.2. The number of non-ortho nitro benzene ring substituents is 1. The quantitative estimate of drug-likeness (QED) is 0.226. The van der Waals surface area contributed by atoms with Gasteiger partial charge >= 0.3 is 0 Å². The summed E-state index contributed by atoms with van der Waals surface area (Å²) in [5.74, 6) is -5.28. The summed E-state index contributed by atoms with van der Waals surface area (Å²) in [7, 11) is 0. The molecule has 0 amide bonds. The number of benzene rings is 3. The van der Waals surface area contributed by atoms with E-state index in [0.717, 1.165) is 29.1 Å². The summed E-state index contributed by atoms with van der Waals surface area (Å²) in [6.45, 7) is 0. The fraction of sp³-hybridized carbons (Fsp3) is 0.0435. The first kappa shape index (κ1) is 21.3. The van der Waals surface area contributed by atoms with Crippen LogP contribution in [0.15, 0.2) is 60.9 Å². The molecule has 1 aromatic heterocycles. The molecule has 1 atom stereocenters. The van der Waals surface area contributed by atoms with E-state index in [2.05, 4.69) is 4.98 Å². The highest BCUT2D eigenvalue weighted by Crippen LogP contribution is 2.46. The number of ether oxygens (including phenoxy) is 1.